The normalized spacial score (nSPS) is 14.7. The molecule has 0 aliphatic rings. The number of hydrogen-bond acceptors (Lipinski definition) is 4. The highest BCUT2D eigenvalue weighted by Crippen LogP contribution is 2.35. The average Bonchev–Trinajstić information content (AvgIpc) is 2.62. The first kappa shape index (κ1) is 29.0. The van der Waals surface area contributed by atoms with Crippen molar-refractivity contribution in [1.29, 1.82) is 0 Å². The van der Waals surface area contributed by atoms with E-state index < -0.39 is 20.5 Å². The molecule has 0 aromatic carbocycles. The zero-order valence-electron chi connectivity index (χ0n) is 19.3. The van der Waals surface area contributed by atoms with Gasteiger partial charge in [0.2, 0.25) is 0 Å². The van der Waals surface area contributed by atoms with Crippen LogP contribution in [0.3, 0.4) is 0 Å². The van der Waals surface area contributed by atoms with Gasteiger partial charge >= 0.3 is 7.82 Å². The number of allylic oxidation sites excluding steroid dienone is 7. The van der Waals surface area contributed by atoms with E-state index in [-0.39, 0.29) is 6.61 Å². The van der Waals surface area contributed by atoms with Gasteiger partial charge in [-0.2, -0.15) is 0 Å². The minimum Gasteiger partial charge on any atom is -0.388 e. The number of aliphatic hydroxyl groups excluding tert-OH is 1. The van der Waals surface area contributed by atoms with Crippen molar-refractivity contribution < 1.29 is 28.7 Å². The van der Waals surface area contributed by atoms with Crippen LogP contribution in [0.5, 0.6) is 0 Å². The number of aliphatic hydroxyl groups is 1. The Kier molecular flexibility index (Phi) is 16.1. The van der Waals surface area contributed by atoms with E-state index >= 15 is 0 Å². The van der Waals surface area contributed by atoms with Crippen molar-refractivity contribution in [1.82, 2.24) is 0 Å². The first-order valence-corrected chi connectivity index (χ1v) is 12.1. The molecular weight excluding hydrogens is 403 g/mol. The molecular formula is C23H41O6P. The summed E-state index contributed by atoms with van der Waals surface area (Å²) in [7, 11) is -4.55. The minimum atomic E-state index is -4.55. The molecule has 0 aromatic rings. The molecule has 0 bridgehead atoms. The molecule has 3 N–H and O–H groups in total. The third-order valence-electron chi connectivity index (χ3n) is 4.45. The second-order valence-electron chi connectivity index (χ2n) is 8.03. The highest BCUT2D eigenvalue weighted by Gasteiger charge is 2.16. The Hall–Kier alpha value is -1.01. The highest BCUT2D eigenvalue weighted by atomic mass is 31.2. The molecule has 0 fully saturated rings. The van der Waals surface area contributed by atoms with E-state index in [4.69, 9.17) is 14.5 Å². The van der Waals surface area contributed by atoms with E-state index in [9.17, 15) is 9.67 Å². The maximum atomic E-state index is 10.6. The van der Waals surface area contributed by atoms with Crippen molar-refractivity contribution >= 4 is 7.82 Å². The molecule has 0 saturated heterocycles. The second kappa shape index (κ2) is 16.7. The summed E-state index contributed by atoms with van der Waals surface area (Å²) in [4.78, 5) is 17.1. The van der Waals surface area contributed by atoms with Gasteiger partial charge in [0.25, 0.3) is 0 Å². The number of hydrogen-bond donors (Lipinski definition) is 3. The van der Waals surface area contributed by atoms with E-state index in [0.717, 1.165) is 38.5 Å². The van der Waals surface area contributed by atoms with Gasteiger partial charge in [0.15, 0.2) is 0 Å². The van der Waals surface area contributed by atoms with Crippen LogP contribution in [0, 0.1) is 0 Å². The quantitative estimate of drug-likeness (QED) is 0.162. The minimum absolute atomic E-state index is 0.0376. The molecule has 0 rings (SSSR count). The van der Waals surface area contributed by atoms with Crippen molar-refractivity contribution in [2.45, 2.75) is 79.2 Å². The molecule has 0 saturated carbocycles. The van der Waals surface area contributed by atoms with Crippen LogP contribution in [0.2, 0.25) is 0 Å². The molecule has 30 heavy (non-hydrogen) atoms. The fourth-order valence-electron chi connectivity index (χ4n) is 2.62. The summed E-state index contributed by atoms with van der Waals surface area (Å²) in [5.41, 5.74) is 5.44. The van der Waals surface area contributed by atoms with Crippen molar-refractivity contribution in [3.05, 3.63) is 46.6 Å². The van der Waals surface area contributed by atoms with Gasteiger partial charge in [-0.05, 0) is 73.1 Å². The Morgan fingerprint density at radius 2 is 1.27 bits per heavy atom. The lowest BCUT2D eigenvalue weighted by molar-refractivity contribution is 0.0139. The van der Waals surface area contributed by atoms with Gasteiger partial charge in [0.1, 0.15) is 6.10 Å². The van der Waals surface area contributed by atoms with Crippen LogP contribution in [0.4, 0.5) is 0 Å². The predicted molar refractivity (Wildman–Crippen MR) is 123 cm³/mol. The second-order valence-corrected chi connectivity index (χ2v) is 9.27. The largest absolute Gasteiger partial charge is 0.469 e. The van der Waals surface area contributed by atoms with Gasteiger partial charge in [-0.15, -0.1) is 0 Å². The molecule has 174 valence electrons. The number of rotatable bonds is 16. The van der Waals surface area contributed by atoms with Crippen LogP contribution in [-0.2, 0) is 13.8 Å². The van der Waals surface area contributed by atoms with Crippen LogP contribution in [0.1, 0.15) is 73.1 Å². The lowest BCUT2D eigenvalue weighted by atomic mass is 10.0. The molecule has 7 heteroatoms. The summed E-state index contributed by atoms with van der Waals surface area (Å²) in [5.74, 6) is 0. The van der Waals surface area contributed by atoms with Crippen LogP contribution in [0.25, 0.3) is 0 Å². The summed E-state index contributed by atoms with van der Waals surface area (Å²) >= 11 is 0. The average molecular weight is 445 g/mol. The van der Waals surface area contributed by atoms with Crippen LogP contribution in [0.15, 0.2) is 46.6 Å². The summed E-state index contributed by atoms with van der Waals surface area (Å²) in [6.45, 7) is 10.5. The first-order chi connectivity index (χ1) is 14.0. The fraction of sp³-hybridized carbons (Fsp3) is 0.652. The zero-order chi connectivity index (χ0) is 23.0. The number of ether oxygens (including phenoxy) is 1. The summed E-state index contributed by atoms with van der Waals surface area (Å²) < 4.78 is 20.1. The molecule has 0 aromatic heterocycles. The zero-order valence-corrected chi connectivity index (χ0v) is 20.2. The van der Waals surface area contributed by atoms with Gasteiger partial charge in [0.05, 0.1) is 19.8 Å². The standard InChI is InChI=1S/C23H41O6P/c1-19(2)9-6-10-20(3)11-7-12-21(4)13-8-14-22(5)15-16-28-17-23(24)18-29-30(25,26)27/h9,11,13,15,23-24H,6-8,10,12,14,16-18H2,1-5H3,(H2,25,26,27)/b20-11+,21-13+,22-15+/t23-/m1/s1. The molecule has 6 nitrogen and oxygen atoms in total. The lowest BCUT2D eigenvalue weighted by Crippen LogP contribution is -2.21. The third-order valence-corrected chi connectivity index (χ3v) is 4.93. The third kappa shape index (κ3) is 20.3. The Balaban J connectivity index is 3.98. The van der Waals surface area contributed by atoms with Crippen LogP contribution >= 0.6 is 7.82 Å². The molecule has 0 aliphatic heterocycles. The molecule has 0 aliphatic carbocycles. The lowest BCUT2D eigenvalue weighted by Gasteiger charge is -2.11. The summed E-state index contributed by atoms with van der Waals surface area (Å²) in [5, 5.41) is 9.52. The molecule has 0 radical (unpaired) electrons. The molecule has 0 unspecified atom stereocenters. The smallest absolute Gasteiger partial charge is 0.388 e. The number of phosphoric acid groups is 1. The van der Waals surface area contributed by atoms with E-state index in [1.165, 1.54) is 22.3 Å². The molecule has 0 spiro atoms. The fourth-order valence-corrected chi connectivity index (χ4v) is 2.99. The van der Waals surface area contributed by atoms with E-state index in [2.05, 4.69) is 50.4 Å². The Bertz CT molecular complexity index is 638. The van der Waals surface area contributed by atoms with Gasteiger partial charge in [-0.25, -0.2) is 4.57 Å². The van der Waals surface area contributed by atoms with Crippen LogP contribution in [-0.4, -0.2) is 40.8 Å². The predicted octanol–water partition coefficient (Wildman–Crippen LogP) is 5.62. The van der Waals surface area contributed by atoms with E-state index in [1.807, 2.05) is 13.0 Å². The summed E-state index contributed by atoms with van der Waals surface area (Å²) in [6, 6.07) is 0. The maximum Gasteiger partial charge on any atom is 0.469 e. The maximum absolute atomic E-state index is 10.6. The summed E-state index contributed by atoms with van der Waals surface area (Å²) in [6.07, 6.45) is 14.2. The van der Waals surface area contributed by atoms with Crippen molar-refractivity contribution in [2.24, 2.45) is 0 Å². The van der Waals surface area contributed by atoms with Crippen LogP contribution < -0.4 is 0 Å². The Morgan fingerprint density at radius 1 is 0.800 bits per heavy atom. The highest BCUT2D eigenvalue weighted by molar-refractivity contribution is 7.46. The Morgan fingerprint density at radius 3 is 1.73 bits per heavy atom. The topological polar surface area (TPSA) is 96.2 Å². The monoisotopic (exact) mass is 444 g/mol. The van der Waals surface area contributed by atoms with Gasteiger partial charge in [-0.1, -0.05) is 46.6 Å². The SMILES string of the molecule is CC(C)=CCC/C(C)=C/CC/C(C)=C/CC/C(C)=C/COC[C@@H](O)COP(=O)(O)O. The van der Waals surface area contributed by atoms with E-state index in [1.54, 1.807) is 0 Å². The van der Waals surface area contributed by atoms with Gasteiger partial charge in [-0.3, -0.25) is 4.52 Å². The van der Waals surface area contributed by atoms with Crippen molar-refractivity contribution in [3.8, 4) is 0 Å². The van der Waals surface area contributed by atoms with E-state index in [0.29, 0.717) is 6.61 Å². The first-order valence-electron chi connectivity index (χ1n) is 10.6. The molecule has 1 atom stereocenters. The Labute approximate surface area is 182 Å². The molecule has 0 heterocycles. The van der Waals surface area contributed by atoms with Crippen molar-refractivity contribution in [3.63, 3.8) is 0 Å². The van der Waals surface area contributed by atoms with Gasteiger partial charge in [0, 0.05) is 0 Å². The van der Waals surface area contributed by atoms with Gasteiger partial charge < -0.3 is 19.6 Å². The molecule has 0 amide bonds. The van der Waals surface area contributed by atoms with Crippen molar-refractivity contribution in [2.75, 3.05) is 19.8 Å². The number of phosphoric ester groups is 1.